The number of aromatic nitrogens is 2. The molecule has 1 fully saturated rings. The van der Waals surface area contributed by atoms with Crippen LogP contribution in [-0.4, -0.2) is 43.4 Å². The number of ether oxygens (including phenoxy) is 2. The van der Waals surface area contributed by atoms with Gasteiger partial charge in [-0.05, 0) is 43.4 Å². The van der Waals surface area contributed by atoms with Gasteiger partial charge < -0.3 is 25.0 Å². The van der Waals surface area contributed by atoms with Gasteiger partial charge in [-0.25, -0.2) is 9.97 Å². The quantitative estimate of drug-likeness (QED) is 0.544. The minimum absolute atomic E-state index is 0.759. The number of benzene rings is 1. The molecule has 1 saturated heterocycles. The van der Waals surface area contributed by atoms with Gasteiger partial charge in [0.1, 0.15) is 17.8 Å². The van der Waals surface area contributed by atoms with Crippen LogP contribution in [-0.2, 0) is 11.2 Å². The lowest BCUT2D eigenvalue weighted by atomic mass is 9.95. The summed E-state index contributed by atoms with van der Waals surface area (Å²) in [6.45, 7) is 9.99. The molecule has 2 N–H and O–H groups in total. The van der Waals surface area contributed by atoms with E-state index in [0.29, 0.717) is 0 Å². The standard InChI is InChI=1S/C15H20O2.C9H13N5.C2H6/c1-3-4-10-17-13-9-8-12-6-5-7-15(16-2)14(12)11-13;1-2-4-14(3-1)9-7-8(11-5-10-7)12-6-13-9;1-2/h5-7,11H,3-4,8-10H2,1-2H3;6,10H,1-5H2,(H,11,12,13);1-2H3. The Bertz CT molecular complexity index is 910. The van der Waals surface area contributed by atoms with Gasteiger partial charge in [-0.15, -0.1) is 0 Å². The number of aryl methyl sites for hydroxylation is 1. The first-order valence-corrected chi connectivity index (χ1v) is 12.4. The number of nitrogens with zero attached hydrogens (tertiary/aromatic N) is 3. The minimum Gasteiger partial charge on any atom is -0.498 e. The highest BCUT2D eigenvalue weighted by molar-refractivity contribution is 5.80. The Morgan fingerprint density at radius 2 is 1.88 bits per heavy atom. The van der Waals surface area contributed by atoms with Gasteiger partial charge in [-0.2, -0.15) is 0 Å². The highest BCUT2D eigenvalue weighted by atomic mass is 16.5. The minimum atomic E-state index is 0.759. The molecular formula is C26H39N5O2. The summed E-state index contributed by atoms with van der Waals surface area (Å²) < 4.78 is 11.2. The van der Waals surface area contributed by atoms with Crippen LogP contribution in [0.1, 0.15) is 64.0 Å². The maximum atomic E-state index is 5.79. The van der Waals surface area contributed by atoms with Crippen molar-refractivity contribution >= 4 is 23.4 Å². The Labute approximate surface area is 198 Å². The lowest BCUT2D eigenvalue weighted by Gasteiger charge is -2.19. The van der Waals surface area contributed by atoms with Gasteiger partial charge in [0.2, 0.25) is 0 Å². The van der Waals surface area contributed by atoms with Crippen molar-refractivity contribution in [3.05, 3.63) is 41.4 Å². The number of nitrogens with one attached hydrogen (secondary N) is 2. The molecule has 1 aromatic carbocycles. The number of unbranched alkanes of at least 4 members (excludes halogenated alkanes) is 1. The lowest BCUT2D eigenvalue weighted by Crippen LogP contribution is -2.20. The zero-order chi connectivity index (χ0) is 23.5. The van der Waals surface area contributed by atoms with Gasteiger partial charge in [0, 0.05) is 25.1 Å². The maximum Gasteiger partial charge on any atom is 0.157 e. The molecule has 33 heavy (non-hydrogen) atoms. The van der Waals surface area contributed by atoms with Crippen molar-refractivity contribution in [3.63, 3.8) is 0 Å². The van der Waals surface area contributed by atoms with Crippen molar-refractivity contribution in [2.45, 2.75) is 59.3 Å². The molecule has 3 aliphatic rings. The molecule has 180 valence electrons. The summed E-state index contributed by atoms with van der Waals surface area (Å²) >= 11 is 0. The van der Waals surface area contributed by atoms with Crippen LogP contribution in [0.15, 0.2) is 30.3 Å². The second-order valence-corrected chi connectivity index (χ2v) is 7.99. The van der Waals surface area contributed by atoms with E-state index in [4.69, 9.17) is 9.47 Å². The van der Waals surface area contributed by atoms with Crippen molar-refractivity contribution in [1.29, 1.82) is 0 Å². The molecular weight excluding hydrogens is 414 g/mol. The summed E-state index contributed by atoms with van der Waals surface area (Å²) in [5.74, 6) is 4.02. The normalized spacial score (nSPS) is 15.4. The third-order valence-electron chi connectivity index (χ3n) is 5.86. The largest absolute Gasteiger partial charge is 0.498 e. The van der Waals surface area contributed by atoms with Gasteiger partial charge in [0.05, 0.1) is 26.1 Å². The van der Waals surface area contributed by atoms with E-state index in [1.807, 2.05) is 19.9 Å². The van der Waals surface area contributed by atoms with Gasteiger partial charge in [-0.1, -0.05) is 39.3 Å². The highest BCUT2D eigenvalue weighted by Gasteiger charge is 2.22. The zero-order valence-corrected chi connectivity index (χ0v) is 20.6. The molecule has 7 heteroatoms. The summed E-state index contributed by atoms with van der Waals surface area (Å²) in [6, 6.07) is 6.22. The first kappa shape index (κ1) is 24.7. The molecule has 2 aliphatic heterocycles. The van der Waals surface area contributed by atoms with Gasteiger partial charge in [0.15, 0.2) is 11.6 Å². The Kier molecular flexibility index (Phi) is 9.66. The number of hydrogen-bond acceptors (Lipinski definition) is 7. The smallest absolute Gasteiger partial charge is 0.157 e. The van der Waals surface area contributed by atoms with Crippen LogP contribution >= 0.6 is 0 Å². The average molecular weight is 454 g/mol. The van der Waals surface area contributed by atoms with Crippen molar-refractivity contribution in [2.75, 3.05) is 49.0 Å². The van der Waals surface area contributed by atoms with E-state index < -0.39 is 0 Å². The summed E-state index contributed by atoms with van der Waals surface area (Å²) in [4.78, 5) is 10.8. The second kappa shape index (κ2) is 12.9. The van der Waals surface area contributed by atoms with Crippen LogP contribution in [0.3, 0.4) is 0 Å². The molecule has 1 aliphatic carbocycles. The fourth-order valence-electron chi connectivity index (χ4n) is 4.16. The molecule has 1 aromatic heterocycles. The second-order valence-electron chi connectivity index (χ2n) is 7.99. The molecule has 2 aromatic rings. The van der Waals surface area contributed by atoms with E-state index in [1.54, 1.807) is 13.4 Å². The third-order valence-corrected chi connectivity index (χ3v) is 5.86. The number of allylic oxidation sites excluding steroid dienone is 1. The number of hydrogen-bond donors (Lipinski definition) is 2. The fraction of sp³-hybridized carbons (Fsp3) is 0.538. The van der Waals surface area contributed by atoms with Crippen molar-refractivity contribution < 1.29 is 9.47 Å². The van der Waals surface area contributed by atoms with E-state index in [0.717, 1.165) is 74.5 Å². The Balaban J connectivity index is 0.000000175. The molecule has 0 amide bonds. The Hall–Kier alpha value is -2.96. The van der Waals surface area contributed by atoms with E-state index in [2.05, 4.69) is 50.6 Å². The Morgan fingerprint density at radius 1 is 1.06 bits per heavy atom. The summed E-state index contributed by atoms with van der Waals surface area (Å²) in [5.41, 5.74) is 3.61. The molecule has 0 spiro atoms. The fourth-order valence-corrected chi connectivity index (χ4v) is 4.16. The number of fused-ring (bicyclic) bond motifs is 2. The molecule has 5 rings (SSSR count). The van der Waals surface area contributed by atoms with Crippen molar-refractivity contribution in [1.82, 2.24) is 9.97 Å². The molecule has 7 nitrogen and oxygen atoms in total. The van der Waals surface area contributed by atoms with Crippen LogP contribution in [0.4, 0.5) is 17.3 Å². The van der Waals surface area contributed by atoms with Crippen LogP contribution in [0, 0.1) is 0 Å². The van der Waals surface area contributed by atoms with Crippen LogP contribution < -0.4 is 20.3 Å². The van der Waals surface area contributed by atoms with Crippen LogP contribution in [0.25, 0.3) is 6.08 Å². The first-order chi connectivity index (χ1) is 16.3. The zero-order valence-electron chi connectivity index (χ0n) is 20.6. The SMILES string of the molecule is CC.CCCCOC1=Cc2c(cccc2OC)CC1.c1nc2c(c(N3CCCC3)n1)NCN2. The van der Waals surface area contributed by atoms with Crippen LogP contribution in [0.2, 0.25) is 0 Å². The van der Waals surface area contributed by atoms with E-state index in [1.165, 1.54) is 30.4 Å². The van der Waals surface area contributed by atoms with Gasteiger partial charge in [0.25, 0.3) is 0 Å². The van der Waals surface area contributed by atoms with E-state index in [-0.39, 0.29) is 0 Å². The third kappa shape index (κ3) is 6.30. The summed E-state index contributed by atoms with van der Waals surface area (Å²) in [7, 11) is 1.72. The van der Waals surface area contributed by atoms with Crippen molar-refractivity contribution in [3.8, 4) is 5.75 Å². The monoisotopic (exact) mass is 453 g/mol. The molecule has 0 radical (unpaired) electrons. The highest BCUT2D eigenvalue weighted by Crippen LogP contribution is 2.34. The average Bonchev–Trinajstić information content (AvgIpc) is 3.58. The van der Waals surface area contributed by atoms with E-state index in [9.17, 15) is 0 Å². The number of methoxy groups -OCH3 is 1. The van der Waals surface area contributed by atoms with E-state index >= 15 is 0 Å². The Morgan fingerprint density at radius 3 is 2.64 bits per heavy atom. The molecule has 3 heterocycles. The number of rotatable bonds is 6. The predicted octanol–water partition coefficient (Wildman–Crippen LogP) is 5.70. The first-order valence-electron chi connectivity index (χ1n) is 12.4. The summed E-state index contributed by atoms with van der Waals surface area (Å²) in [5, 5.41) is 6.44. The lowest BCUT2D eigenvalue weighted by molar-refractivity contribution is 0.200. The summed E-state index contributed by atoms with van der Waals surface area (Å²) in [6.07, 6.45) is 10.6. The van der Waals surface area contributed by atoms with Crippen molar-refractivity contribution in [2.24, 2.45) is 0 Å². The van der Waals surface area contributed by atoms with Gasteiger partial charge in [-0.3, -0.25) is 0 Å². The molecule has 0 unspecified atom stereocenters. The van der Waals surface area contributed by atoms with Gasteiger partial charge >= 0.3 is 0 Å². The molecule has 0 saturated carbocycles. The molecule has 0 bridgehead atoms. The van der Waals surface area contributed by atoms with Crippen LogP contribution in [0.5, 0.6) is 5.75 Å². The topological polar surface area (TPSA) is 71.5 Å². The molecule has 0 atom stereocenters. The maximum absolute atomic E-state index is 5.79. The number of anilines is 3. The predicted molar refractivity (Wildman–Crippen MR) is 137 cm³/mol.